The molecule has 0 radical (unpaired) electrons. The first-order valence-electron chi connectivity index (χ1n) is 5.78. The number of carbonyl (C=O) groups excluding carboxylic acids is 1. The van der Waals surface area contributed by atoms with Crippen LogP contribution in [0.25, 0.3) is 0 Å². The van der Waals surface area contributed by atoms with Crippen LogP contribution in [0.4, 0.5) is 0 Å². The van der Waals surface area contributed by atoms with E-state index in [2.05, 4.69) is 29.1 Å². The molecule has 1 atom stereocenters. The van der Waals surface area contributed by atoms with E-state index in [-0.39, 0.29) is 0 Å². The predicted molar refractivity (Wildman–Crippen MR) is 66.7 cm³/mol. The van der Waals surface area contributed by atoms with Gasteiger partial charge in [0, 0.05) is 32.1 Å². The van der Waals surface area contributed by atoms with Crippen LogP contribution < -0.4 is 5.32 Å². The SMILES string of the molecule is C[C@H]1CNCCN1C(=O)CCc1ccsc1. The Hall–Kier alpha value is -0.870. The smallest absolute Gasteiger partial charge is 0.223 e. The molecule has 0 unspecified atom stereocenters. The number of piperazine rings is 1. The largest absolute Gasteiger partial charge is 0.337 e. The molecule has 2 rings (SSSR count). The molecule has 4 heteroatoms. The Morgan fingerprint density at radius 2 is 2.56 bits per heavy atom. The quantitative estimate of drug-likeness (QED) is 0.865. The molecule has 1 aromatic rings. The average molecular weight is 238 g/mol. The number of hydrogen-bond acceptors (Lipinski definition) is 3. The summed E-state index contributed by atoms with van der Waals surface area (Å²) in [6, 6.07) is 2.43. The zero-order valence-corrected chi connectivity index (χ0v) is 10.4. The Morgan fingerprint density at radius 3 is 3.25 bits per heavy atom. The fraction of sp³-hybridized carbons (Fsp3) is 0.583. The van der Waals surface area contributed by atoms with Crippen LogP contribution in [0.1, 0.15) is 18.9 Å². The van der Waals surface area contributed by atoms with Crippen LogP contribution in [0.2, 0.25) is 0 Å². The van der Waals surface area contributed by atoms with E-state index in [1.165, 1.54) is 5.56 Å². The van der Waals surface area contributed by atoms with Crippen molar-refractivity contribution in [1.29, 1.82) is 0 Å². The predicted octanol–water partition coefficient (Wildman–Crippen LogP) is 1.50. The molecular weight excluding hydrogens is 220 g/mol. The summed E-state index contributed by atoms with van der Waals surface area (Å²) in [6.45, 7) is 4.80. The molecule has 0 saturated carbocycles. The van der Waals surface area contributed by atoms with Crippen LogP contribution in [0.15, 0.2) is 16.8 Å². The normalized spacial score (nSPS) is 21.1. The molecule has 0 spiro atoms. The fourth-order valence-electron chi connectivity index (χ4n) is 2.04. The first kappa shape index (κ1) is 11.6. The van der Waals surface area contributed by atoms with Crippen molar-refractivity contribution >= 4 is 17.2 Å². The van der Waals surface area contributed by atoms with Gasteiger partial charge in [0.1, 0.15) is 0 Å². The van der Waals surface area contributed by atoms with Gasteiger partial charge in [-0.25, -0.2) is 0 Å². The van der Waals surface area contributed by atoms with Crippen molar-refractivity contribution in [2.24, 2.45) is 0 Å². The second kappa shape index (κ2) is 5.46. The lowest BCUT2D eigenvalue weighted by Crippen LogP contribution is -2.52. The lowest BCUT2D eigenvalue weighted by Gasteiger charge is -2.34. The van der Waals surface area contributed by atoms with Gasteiger partial charge in [-0.05, 0) is 35.7 Å². The third kappa shape index (κ3) is 2.83. The fourth-order valence-corrected chi connectivity index (χ4v) is 2.74. The minimum atomic E-state index is 0.292. The molecule has 88 valence electrons. The summed E-state index contributed by atoms with van der Waals surface area (Å²) in [4.78, 5) is 14.0. The van der Waals surface area contributed by atoms with Crippen LogP contribution >= 0.6 is 11.3 Å². The molecular formula is C12H18N2OS. The van der Waals surface area contributed by atoms with Gasteiger partial charge in [-0.1, -0.05) is 0 Å². The molecule has 0 aromatic carbocycles. The Labute approximate surface area is 100 Å². The molecule has 1 amide bonds. The number of hydrogen-bond donors (Lipinski definition) is 1. The van der Waals surface area contributed by atoms with Crippen LogP contribution in [-0.4, -0.2) is 36.5 Å². The lowest BCUT2D eigenvalue weighted by molar-refractivity contribution is -0.133. The van der Waals surface area contributed by atoms with E-state index in [4.69, 9.17) is 0 Å². The van der Waals surface area contributed by atoms with E-state index >= 15 is 0 Å². The highest BCUT2D eigenvalue weighted by Gasteiger charge is 2.22. The average Bonchev–Trinajstić information content (AvgIpc) is 2.79. The Bertz CT molecular complexity index is 337. The Balaban J connectivity index is 1.83. The number of nitrogens with one attached hydrogen (secondary N) is 1. The van der Waals surface area contributed by atoms with Crippen LogP contribution in [0, 0.1) is 0 Å². The molecule has 3 nitrogen and oxygen atoms in total. The summed E-state index contributed by atoms with van der Waals surface area (Å²) in [5.41, 5.74) is 1.28. The van der Waals surface area contributed by atoms with Crippen molar-refractivity contribution in [3.8, 4) is 0 Å². The summed E-state index contributed by atoms with van der Waals surface area (Å²) in [5, 5.41) is 7.48. The van der Waals surface area contributed by atoms with Crippen LogP contribution in [-0.2, 0) is 11.2 Å². The van der Waals surface area contributed by atoms with Gasteiger partial charge in [0.2, 0.25) is 5.91 Å². The molecule has 16 heavy (non-hydrogen) atoms. The maximum Gasteiger partial charge on any atom is 0.223 e. The number of thiophene rings is 1. The van der Waals surface area contributed by atoms with Crippen molar-refractivity contribution in [2.45, 2.75) is 25.8 Å². The third-order valence-electron chi connectivity index (χ3n) is 3.03. The minimum Gasteiger partial charge on any atom is -0.337 e. The monoisotopic (exact) mass is 238 g/mol. The van der Waals surface area contributed by atoms with Crippen molar-refractivity contribution in [3.05, 3.63) is 22.4 Å². The van der Waals surface area contributed by atoms with Crippen molar-refractivity contribution < 1.29 is 4.79 Å². The van der Waals surface area contributed by atoms with E-state index in [9.17, 15) is 4.79 Å². The van der Waals surface area contributed by atoms with Crippen molar-refractivity contribution in [1.82, 2.24) is 10.2 Å². The number of carbonyl (C=O) groups is 1. The van der Waals surface area contributed by atoms with Gasteiger partial charge in [0.15, 0.2) is 0 Å². The molecule has 1 aromatic heterocycles. The summed E-state index contributed by atoms with van der Waals surface area (Å²) in [5.74, 6) is 0.292. The molecule has 0 aliphatic carbocycles. The maximum absolute atomic E-state index is 12.0. The summed E-state index contributed by atoms with van der Waals surface area (Å²) in [7, 11) is 0. The van der Waals surface area contributed by atoms with E-state index < -0.39 is 0 Å². The zero-order chi connectivity index (χ0) is 11.4. The van der Waals surface area contributed by atoms with Gasteiger partial charge in [-0.15, -0.1) is 0 Å². The maximum atomic E-state index is 12.0. The number of rotatable bonds is 3. The zero-order valence-electron chi connectivity index (χ0n) is 9.61. The highest BCUT2D eigenvalue weighted by atomic mass is 32.1. The van der Waals surface area contributed by atoms with Crippen molar-refractivity contribution in [2.75, 3.05) is 19.6 Å². The van der Waals surface area contributed by atoms with Gasteiger partial charge in [0.05, 0.1) is 0 Å². The molecule has 1 aliphatic heterocycles. The molecule has 1 N–H and O–H groups in total. The van der Waals surface area contributed by atoms with Crippen LogP contribution in [0.3, 0.4) is 0 Å². The van der Waals surface area contributed by atoms with Gasteiger partial charge < -0.3 is 10.2 Å². The van der Waals surface area contributed by atoms with E-state index in [1.807, 2.05) is 4.90 Å². The first-order chi connectivity index (χ1) is 7.77. The Kier molecular flexibility index (Phi) is 3.96. The molecule has 1 aliphatic rings. The lowest BCUT2D eigenvalue weighted by atomic mass is 10.1. The van der Waals surface area contributed by atoms with Gasteiger partial charge >= 0.3 is 0 Å². The highest BCUT2D eigenvalue weighted by molar-refractivity contribution is 7.07. The number of aryl methyl sites for hydroxylation is 1. The van der Waals surface area contributed by atoms with Gasteiger partial charge in [0.25, 0.3) is 0 Å². The number of nitrogens with zero attached hydrogens (tertiary/aromatic N) is 1. The first-order valence-corrected chi connectivity index (χ1v) is 6.73. The standard InChI is InChI=1S/C12H18N2OS/c1-10-8-13-5-6-14(10)12(15)3-2-11-4-7-16-9-11/h4,7,9-10,13H,2-3,5-6,8H2,1H3/t10-/m0/s1. The summed E-state index contributed by atoms with van der Waals surface area (Å²) >= 11 is 1.69. The van der Waals surface area contributed by atoms with Gasteiger partial charge in [-0.2, -0.15) is 11.3 Å². The van der Waals surface area contributed by atoms with Gasteiger partial charge in [-0.3, -0.25) is 4.79 Å². The molecule has 0 bridgehead atoms. The minimum absolute atomic E-state index is 0.292. The number of amides is 1. The molecule has 1 fully saturated rings. The second-order valence-corrected chi connectivity index (χ2v) is 5.05. The molecule has 2 heterocycles. The third-order valence-corrected chi connectivity index (χ3v) is 3.76. The van der Waals surface area contributed by atoms with Crippen molar-refractivity contribution in [3.63, 3.8) is 0 Å². The van der Waals surface area contributed by atoms with E-state index in [0.717, 1.165) is 26.1 Å². The Morgan fingerprint density at radius 1 is 1.69 bits per heavy atom. The van der Waals surface area contributed by atoms with Crippen LogP contribution in [0.5, 0.6) is 0 Å². The topological polar surface area (TPSA) is 32.3 Å². The molecule has 1 saturated heterocycles. The summed E-state index contributed by atoms with van der Waals surface area (Å²) in [6.07, 6.45) is 1.51. The van der Waals surface area contributed by atoms with E-state index in [1.54, 1.807) is 11.3 Å². The highest BCUT2D eigenvalue weighted by Crippen LogP contribution is 2.11. The second-order valence-electron chi connectivity index (χ2n) is 4.27. The van der Waals surface area contributed by atoms with E-state index in [0.29, 0.717) is 18.4 Å². The summed E-state index contributed by atoms with van der Waals surface area (Å²) < 4.78 is 0.